The first kappa shape index (κ1) is 11.9. The Balaban J connectivity index is 0.000000292. The summed E-state index contributed by atoms with van der Waals surface area (Å²) in [5.74, 6) is 0. The molecule has 0 fully saturated rings. The zero-order valence-corrected chi connectivity index (χ0v) is 10.6. The van der Waals surface area contributed by atoms with Crippen molar-refractivity contribution in [3.8, 4) is 0 Å². The van der Waals surface area contributed by atoms with E-state index in [1.807, 2.05) is 0 Å². The number of halogens is 2. The normalized spacial score (nSPS) is 13.5. The van der Waals surface area contributed by atoms with E-state index in [9.17, 15) is 0 Å². The molecule has 1 aliphatic rings. The van der Waals surface area contributed by atoms with Crippen LogP contribution in [0.4, 0.5) is 0 Å². The molecular weight excluding hydrogens is 258 g/mol. The molecule has 0 bridgehead atoms. The summed E-state index contributed by atoms with van der Waals surface area (Å²) in [7, 11) is 9.87. The molecule has 62 valence electrons. The van der Waals surface area contributed by atoms with Gasteiger partial charge < -0.3 is 0 Å². The number of hydrogen-bond donors (Lipinski definition) is 0. The van der Waals surface area contributed by atoms with Gasteiger partial charge >= 0.3 is 37.9 Å². The molecule has 1 aliphatic carbocycles. The van der Waals surface area contributed by atoms with Gasteiger partial charge in [-0.05, 0) is 12.8 Å². The fourth-order valence-corrected chi connectivity index (χ4v) is 0.981. The number of allylic oxidation sites excluding steroid dienone is 4. The van der Waals surface area contributed by atoms with Crippen molar-refractivity contribution in [3.05, 3.63) is 23.8 Å². The molecule has 1 rings (SSSR count). The summed E-state index contributed by atoms with van der Waals surface area (Å²) >= 11 is -0.826. The average Bonchev–Trinajstić information content (AvgIpc) is 2.42. The van der Waals surface area contributed by atoms with Crippen molar-refractivity contribution in [2.24, 2.45) is 0 Å². The van der Waals surface area contributed by atoms with E-state index in [0.29, 0.717) is 0 Å². The first-order valence-corrected chi connectivity index (χ1v) is 10.00. The second-order valence-corrected chi connectivity index (χ2v) is 5.97. The first-order chi connectivity index (χ1) is 5.35. The summed E-state index contributed by atoms with van der Waals surface area (Å²) in [6.45, 7) is 2.22. The summed E-state index contributed by atoms with van der Waals surface area (Å²) < 4.78 is 0. The van der Waals surface area contributed by atoms with Crippen LogP contribution in [-0.2, 0) is 20.8 Å². The number of hydrogen-bond acceptors (Lipinski definition) is 0. The number of rotatable bonds is 2. The molecule has 0 saturated heterocycles. The maximum absolute atomic E-state index is 4.93. The van der Waals surface area contributed by atoms with E-state index in [-0.39, 0.29) is 0 Å². The van der Waals surface area contributed by atoms with Crippen molar-refractivity contribution < 1.29 is 20.8 Å². The van der Waals surface area contributed by atoms with Crippen LogP contribution in [-0.4, -0.2) is 0 Å². The van der Waals surface area contributed by atoms with Crippen molar-refractivity contribution in [3.63, 3.8) is 0 Å². The predicted octanol–water partition coefficient (Wildman–Crippen LogP) is 4.05. The molecule has 0 aliphatic heterocycles. The molecule has 0 heterocycles. The van der Waals surface area contributed by atoms with Crippen LogP contribution in [0, 0.1) is 0 Å². The quantitative estimate of drug-likeness (QED) is 0.710. The molecule has 0 aromatic carbocycles. The topological polar surface area (TPSA) is 0 Å². The van der Waals surface area contributed by atoms with Crippen molar-refractivity contribution >= 4 is 17.0 Å². The third kappa shape index (κ3) is 7.31. The summed E-state index contributed by atoms with van der Waals surface area (Å²) in [4.78, 5) is 0. The summed E-state index contributed by atoms with van der Waals surface area (Å²) in [5.41, 5.74) is 1.52. The standard InChI is InChI=1S/C8H12.2ClH.Zr/c1-2-5-8-6-3-4-7-8;;;/h3,6-7H,2,4-5H2,1H3;2*1H;/q;;;+2/p-2. The molecule has 0 saturated carbocycles. The zero-order valence-electron chi connectivity index (χ0n) is 6.61. The predicted molar refractivity (Wildman–Crippen MR) is 48.5 cm³/mol. The van der Waals surface area contributed by atoms with E-state index in [4.69, 9.17) is 17.0 Å². The Morgan fingerprint density at radius 1 is 1.55 bits per heavy atom. The molecule has 0 amide bonds. The van der Waals surface area contributed by atoms with Crippen LogP contribution in [0.25, 0.3) is 0 Å². The van der Waals surface area contributed by atoms with E-state index in [0.717, 1.165) is 6.42 Å². The second-order valence-electron chi connectivity index (χ2n) is 2.24. The van der Waals surface area contributed by atoms with Gasteiger partial charge in [-0.2, -0.15) is 0 Å². The molecule has 0 aromatic rings. The van der Waals surface area contributed by atoms with Gasteiger partial charge in [0.25, 0.3) is 0 Å². The minimum absolute atomic E-state index is 0.826. The van der Waals surface area contributed by atoms with E-state index in [1.165, 1.54) is 18.4 Å². The van der Waals surface area contributed by atoms with Crippen LogP contribution in [0.1, 0.15) is 26.2 Å². The Hall–Kier alpha value is 0.943. The van der Waals surface area contributed by atoms with Crippen LogP contribution in [0.5, 0.6) is 0 Å². The van der Waals surface area contributed by atoms with E-state index in [2.05, 4.69) is 25.2 Å². The summed E-state index contributed by atoms with van der Waals surface area (Å²) in [6.07, 6.45) is 10.4. The van der Waals surface area contributed by atoms with E-state index in [1.54, 1.807) is 0 Å². The second kappa shape index (κ2) is 9.03. The van der Waals surface area contributed by atoms with Gasteiger partial charge in [0.2, 0.25) is 0 Å². The van der Waals surface area contributed by atoms with Crippen LogP contribution < -0.4 is 0 Å². The van der Waals surface area contributed by atoms with Gasteiger partial charge in [0.05, 0.1) is 0 Å². The Bertz CT molecular complexity index is 141. The molecule has 0 radical (unpaired) electrons. The van der Waals surface area contributed by atoms with Crippen molar-refractivity contribution in [1.29, 1.82) is 0 Å². The van der Waals surface area contributed by atoms with Crippen molar-refractivity contribution in [2.75, 3.05) is 0 Å². The Morgan fingerprint density at radius 3 is 2.55 bits per heavy atom. The first-order valence-electron chi connectivity index (χ1n) is 3.67. The molecule has 3 heteroatoms. The SMILES string of the molecule is CCCC1=CCC=C1.[Cl][Zr][Cl]. The van der Waals surface area contributed by atoms with E-state index < -0.39 is 20.8 Å². The maximum atomic E-state index is 4.93. The Labute approximate surface area is 87.3 Å². The fraction of sp³-hybridized carbons (Fsp3) is 0.500. The van der Waals surface area contributed by atoms with Crippen LogP contribution in [0.15, 0.2) is 23.8 Å². The average molecular weight is 270 g/mol. The molecule has 0 atom stereocenters. The van der Waals surface area contributed by atoms with Gasteiger partial charge in [-0.15, -0.1) is 0 Å². The Kier molecular flexibility index (Phi) is 9.81. The van der Waals surface area contributed by atoms with Crippen LogP contribution >= 0.6 is 17.0 Å². The monoisotopic (exact) mass is 268 g/mol. The van der Waals surface area contributed by atoms with Gasteiger partial charge in [-0.1, -0.05) is 37.1 Å². The summed E-state index contributed by atoms with van der Waals surface area (Å²) in [5, 5.41) is 0. The molecular formula is C8H12Cl2Zr. The van der Waals surface area contributed by atoms with Crippen molar-refractivity contribution in [2.45, 2.75) is 26.2 Å². The van der Waals surface area contributed by atoms with Gasteiger partial charge in [0.1, 0.15) is 0 Å². The fourth-order valence-electron chi connectivity index (χ4n) is 0.981. The summed E-state index contributed by atoms with van der Waals surface area (Å²) in [6, 6.07) is 0. The molecule has 11 heavy (non-hydrogen) atoms. The Morgan fingerprint density at radius 2 is 2.18 bits per heavy atom. The van der Waals surface area contributed by atoms with Crippen molar-refractivity contribution in [1.82, 2.24) is 0 Å². The van der Waals surface area contributed by atoms with E-state index >= 15 is 0 Å². The minimum atomic E-state index is -0.826. The third-order valence-electron chi connectivity index (χ3n) is 1.39. The molecule has 0 nitrogen and oxygen atoms in total. The van der Waals surface area contributed by atoms with Gasteiger partial charge in [-0.3, -0.25) is 0 Å². The zero-order chi connectivity index (χ0) is 8.53. The van der Waals surface area contributed by atoms with Gasteiger partial charge in [0.15, 0.2) is 0 Å². The van der Waals surface area contributed by atoms with Gasteiger partial charge in [0, 0.05) is 0 Å². The third-order valence-corrected chi connectivity index (χ3v) is 1.39. The van der Waals surface area contributed by atoms with Crippen LogP contribution in [0.3, 0.4) is 0 Å². The molecule has 0 N–H and O–H groups in total. The molecule has 0 unspecified atom stereocenters. The molecule has 0 spiro atoms. The molecule has 0 aromatic heterocycles. The van der Waals surface area contributed by atoms with Gasteiger partial charge in [-0.25, -0.2) is 0 Å². The van der Waals surface area contributed by atoms with Crippen LogP contribution in [0.2, 0.25) is 0 Å².